The molecule has 3 N–H and O–H groups in total. The van der Waals surface area contributed by atoms with Gasteiger partial charge in [-0.2, -0.15) is 0 Å². The molecule has 8 heteroatoms. The van der Waals surface area contributed by atoms with Crippen molar-refractivity contribution < 1.29 is 9.53 Å². The van der Waals surface area contributed by atoms with Gasteiger partial charge in [0.25, 0.3) is 0 Å². The fourth-order valence-electron chi connectivity index (χ4n) is 1.54. The van der Waals surface area contributed by atoms with Crippen LogP contribution in [0.25, 0.3) is 0 Å². The van der Waals surface area contributed by atoms with Gasteiger partial charge in [-0.15, -0.1) is 11.3 Å². The Bertz CT molecular complexity index is 508. The molecular weight excluding hydrogens is 302 g/mol. The molecule has 0 aliphatic rings. The maximum absolute atomic E-state index is 11.5. The molecule has 0 saturated carbocycles. The zero-order chi connectivity index (χ0) is 16.6. The van der Waals surface area contributed by atoms with Crippen LogP contribution in [0.1, 0.15) is 31.3 Å². The topological polar surface area (TPSA) is 87.6 Å². The number of hydrogen-bond donors (Lipinski definition) is 3. The third-order valence-electron chi connectivity index (χ3n) is 2.57. The minimum absolute atomic E-state index is 0.419. The summed E-state index contributed by atoms with van der Waals surface area (Å²) in [5.74, 6) is 0.679. The van der Waals surface area contributed by atoms with Crippen LogP contribution in [0.5, 0.6) is 0 Å². The van der Waals surface area contributed by atoms with Crippen molar-refractivity contribution in [2.45, 2.75) is 39.8 Å². The highest BCUT2D eigenvalue weighted by atomic mass is 32.1. The Morgan fingerprint density at radius 2 is 2.00 bits per heavy atom. The van der Waals surface area contributed by atoms with Gasteiger partial charge in [0.05, 0.1) is 17.7 Å². The van der Waals surface area contributed by atoms with E-state index in [9.17, 15) is 4.79 Å². The molecule has 1 aromatic heterocycles. The smallest absolute Gasteiger partial charge is 0.407 e. The number of aromatic nitrogens is 1. The first-order valence-electron chi connectivity index (χ1n) is 7.12. The van der Waals surface area contributed by atoms with Gasteiger partial charge < -0.3 is 20.7 Å². The molecule has 0 unspecified atom stereocenters. The molecule has 1 amide bonds. The van der Waals surface area contributed by atoms with Crippen LogP contribution in [0.3, 0.4) is 0 Å². The van der Waals surface area contributed by atoms with Crippen LogP contribution < -0.4 is 16.0 Å². The van der Waals surface area contributed by atoms with E-state index in [2.05, 4.69) is 25.9 Å². The monoisotopic (exact) mass is 327 g/mol. The van der Waals surface area contributed by atoms with Crippen molar-refractivity contribution in [1.29, 1.82) is 0 Å². The number of nitrogens with one attached hydrogen (secondary N) is 3. The molecule has 0 spiro atoms. The zero-order valence-corrected chi connectivity index (χ0v) is 14.6. The van der Waals surface area contributed by atoms with E-state index in [-0.39, 0.29) is 0 Å². The summed E-state index contributed by atoms with van der Waals surface area (Å²) in [4.78, 5) is 21.0. The molecule has 0 atom stereocenters. The summed E-state index contributed by atoms with van der Waals surface area (Å²) in [6.45, 7) is 9.16. The number of aryl methyl sites for hydroxylation is 1. The van der Waals surface area contributed by atoms with Crippen LogP contribution in [0.15, 0.2) is 10.5 Å². The highest BCUT2D eigenvalue weighted by Crippen LogP contribution is 2.10. The van der Waals surface area contributed by atoms with Gasteiger partial charge in [-0.3, -0.25) is 4.99 Å². The largest absolute Gasteiger partial charge is 0.444 e. The summed E-state index contributed by atoms with van der Waals surface area (Å²) < 4.78 is 5.15. The molecule has 1 rings (SSSR count). The summed E-state index contributed by atoms with van der Waals surface area (Å²) in [7, 11) is 1.70. The maximum atomic E-state index is 11.5. The van der Waals surface area contributed by atoms with E-state index >= 15 is 0 Å². The molecule has 0 aliphatic carbocycles. The average Bonchev–Trinajstić information content (AvgIpc) is 2.81. The van der Waals surface area contributed by atoms with Gasteiger partial charge in [0.1, 0.15) is 5.60 Å². The second-order valence-electron chi connectivity index (χ2n) is 5.64. The standard InChI is InChI=1S/C14H25N5O2S/c1-10-11(22-9-19-10)8-18-12(15-5)16-6-7-17-13(20)21-14(2,3)4/h9H,6-8H2,1-5H3,(H,17,20)(H2,15,16,18). The SMILES string of the molecule is CN=C(NCCNC(=O)OC(C)(C)C)NCc1scnc1C. The number of rotatable bonds is 5. The van der Waals surface area contributed by atoms with Crippen LogP contribution in [-0.4, -0.2) is 42.8 Å². The number of ether oxygens (including phenoxy) is 1. The maximum Gasteiger partial charge on any atom is 0.407 e. The lowest BCUT2D eigenvalue weighted by Gasteiger charge is -2.19. The zero-order valence-electron chi connectivity index (χ0n) is 13.8. The fraction of sp³-hybridized carbons (Fsp3) is 0.643. The molecule has 0 bridgehead atoms. The highest BCUT2D eigenvalue weighted by Gasteiger charge is 2.15. The second kappa shape index (κ2) is 8.57. The molecule has 124 valence electrons. The van der Waals surface area contributed by atoms with Crippen molar-refractivity contribution >= 4 is 23.4 Å². The van der Waals surface area contributed by atoms with Gasteiger partial charge in [-0.1, -0.05) is 0 Å². The van der Waals surface area contributed by atoms with Gasteiger partial charge >= 0.3 is 6.09 Å². The lowest BCUT2D eigenvalue weighted by atomic mass is 10.2. The van der Waals surface area contributed by atoms with E-state index in [1.165, 1.54) is 4.88 Å². The molecule has 0 aromatic carbocycles. The van der Waals surface area contributed by atoms with Crippen LogP contribution in [0.2, 0.25) is 0 Å². The average molecular weight is 327 g/mol. The first-order chi connectivity index (χ1) is 10.3. The Balaban J connectivity index is 2.22. The Morgan fingerprint density at radius 3 is 2.55 bits per heavy atom. The highest BCUT2D eigenvalue weighted by molar-refractivity contribution is 7.09. The minimum Gasteiger partial charge on any atom is -0.444 e. The molecular formula is C14H25N5O2S. The molecule has 0 saturated heterocycles. The number of nitrogens with zero attached hydrogens (tertiary/aromatic N) is 2. The summed E-state index contributed by atoms with van der Waals surface area (Å²) in [6.07, 6.45) is -0.419. The summed E-state index contributed by atoms with van der Waals surface area (Å²) in [5, 5.41) is 9.01. The van der Waals surface area contributed by atoms with Gasteiger partial charge in [0, 0.05) is 25.0 Å². The molecule has 0 radical (unpaired) electrons. The Hall–Kier alpha value is -1.83. The van der Waals surface area contributed by atoms with E-state index < -0.39 is 11.7 Å². The number of carbonyl (C=O) groups is 1. The van der Waals surface area contributed by atoms with Gasteiger partial charge in [0.15, 0.2) is 5.96 Å². The van der Waals surface area contributed by atoms with Crippen molar-refractivity contribution in [2.75, 3.05) is 20.1 Å². The summed E-state index contributed by atoms with van der Waals surface area (Å²) in [6, 6.07) is 0. The quantitative estimate of drug-likeness (QED) is 0.435. The molecule has 1 heterocycles. The normalized spacial score (nSPS) is 12.0. The van der Waals surface area contributed by atoms with Crippen molar-refractivity contribution in [1.82, 2.24) is 20.9 Å². The molecule has 22 heavy (non-hydrogen) atoms. The third-order valence-corrected chi connectivity index (χ3v) is 3.51. The lowest BCUT2D eigenvalue weighted by Crippen LogP contribution is -2.42. The van der Waals surface area contributed by atoms with Gasteiger partial charge in [0.2, 0.25) is 0 Å². The molecule has 0 aliphatic heterocycles. The Labute approximate surface area is 135 Å². The Kier molecular flexibility index (Phi) is 7.10. The Morgan fingerprint density at radius 1 is 1.32 bits per heavy atom. The summed E-state index contributed by atoms with van der Waals surface area (Å²) >= 11 is 1.61. The second-order valence-corrected chi connectivity index (χ2v) is 6.58. The molecule has 0 fully saturated rings. The van der Waals surface area contributed by atoms with Crippen LogP contribution in [-0.2, 0) is 11.3 Å². The molecule has 1 aromatic rings. The van der Waals surface area contributed by atoms with Crippen LogP contribution >= 0.6 is 11.3 Å². The minimum atomic E-state index is -0.484. The molecule has 7 nitrogen and oxygen atoms in total. The van der Waals surface area contributed by atoms with Crippen molar-refractivity contribution in [3.63, 3.8) is 0 Å². The van der Waals surface area contributed by atoms with Crippen LogP contribution in [0, 0.1) is 6.92 Å². The number of hydrogen-bond acceptors (Lipinski definition) is 5. The van der Waals surface area contributed by atoms with Crippen molar-refractivity contribution in [3.05, 3.63) is 16.1 Å². The number of guanidine groups is 1. The van der Waals surface area contributed by atoms with Crippen molar-refractivity contribution in [2.24, 2.45) is 4.99 Å². The predicted molar refractivity (Wildman–Crippen MR) is 89.3 cm³/mol. The van der Waals surface area contributed by atoms with Crippen molar-refractivity contribution in [3.8, 4) is 0 Å². The van der Waals surface area contributed by atoms with E-state index in [0.717, 1.165) is 5.69 Å². The summed E-state index contributed by atoms with van der Waals surface area (Å²) in [5.41, 5.74) is 2.37. The van der Waals surface area contributed by atoms with Crippen LogP contribution in [0.4, 0.5) is 4.79 Å². The fourth-order valence-corrected chi connectivity index (χ4v) is 2.26. The lowest BCUT2D eigenvalue weighted by molar-refractivity contribution is 0.0529. The first-order valence-corrected chi connectivity index (χ1v) is 8.00. The number of aliphatic imine (C=N–C) groups is 1. The van der Waals surface area contributed by atoms with Gasteiger partial charge in [-0.05, 0) is 27.7 Å². The predicted octanol–water partition coefficient (Wildman–Crippen LogP) is 1.64. The van der Waals surface area contributed by atoms with Gasteiger partial charge in [-0.25, -0.2) is 9.78 Å². The third kappa shape index (κ3) is 7.26. The van der Waals surface area contributed by atoms with E-state index in [1.807, 2.05) is 33.2 Å². The number of carbonyl (C=O) groups excluding carboxylic acids is 1. The first kappa shape index (κ1) is 18.2. The van der Waals surface area contributed by atoms with E-state index in [4.69, 9.17) is 4.74 Å². The number of thiazole rings is 1. The number of alkyl carbamates (subject to hydrolysis) is 1. The van der Waals surface area contributed by atoms with E-state index in [1.54, 1.807) is 18.4 Å². The number of amides is 1. The van der Waals surface area contributed by atoms with E-state index in [0.29, 0.717) is 25.6 Å².